The molecule has 0 bridgehead atoms. The zero-order chi connectivity index (χ0) is 38.2. The molecule has 0 atom stereocenters. The smallest absolute Gasteiger partial charge is 0.143 e. The highest BCUT2D eigenvalue weighted by Crippen LogP contribution is 2.40. The summed E-state index contributed by atoms with van der Waals surface area (Å²) in [6.45, 7) is 0. The van der Waals surface area contributed by atoms with Crippen LogP contribution in [0.1, 0.15) is 0 Å². The van der Waals surface area contributed by atoms with E-state index in [1.807, 2.05) is 12.1 Å². The topological polar surface area (TPSA) is 18.1 Å². The van der Waals surface area contributed by atoms with Crippen molar-refractivity contribution in [3.05, 3.63) is 212 Å². The predicted molar refractivity (Wildman–Crippen MR) is 245 cm³/mol. The van der Waals surface area contributed by atoms with Crippen LogP contribution in [0.25, 0.3) is 115 Å². The second-order valence-corrected chi connectivity index (χ2v) is 15.3. The molecule has 0 spiro atoms. The van der Waals surface area contributed by atoms with Gasteiger partial charge in [0.05, 0.1) is 11.0 Å². The monoisotopic (exact) mass is 737 g/mol. The average molecular weight is 738 g/mol. The highest BCUT2D eigenvalue weighted by atomic mass is 16.3. The van der Waals surface area contributed by atoms with E-state index < -0.39 is 0 Å². The summed E-state index contributed by atoms with van der Waals surface area (Å²) in [4.78, 5) is 0. The van der Waals surface area contributed by atoms with E-state index in [0.717, 1.165) is 38.8 Å². The second kappa shape index (κ2) is 12.9. The van der Waals surface area contributed by atoms with Gasteiger partial charge in [0.25, 0.3) is 0 Å². The van der Waals surface area contributed by atoms with Crippen LogP contribution in [0.4, 0.5) is 0 Å². The molecule has 10 aromatic carbocycles. The minimum absolute atomic E-state index is 0.918. The lowest BCUT2D eigenvalue weighted by Gasteiger charge is -2.13. The van der Waals surface area contributed by atoms with Crippen molar-refractivity contribution in [2.24, 2.45) is 0 Å². The quantitative estimate of drug-likeness (QED) is 0.161. The molecule has 2 aromatic heterocycles. The van der Waals surface area contributed by atoms with Crippen LogP contribution in [0.15, 0.2) is 217 Å². The third-order valence-corrected chi connectivity index (χ3v) is 12.0. The maximum atomic E-state index is 6.34. The highest BCUT2D eigenvalue weighted by Gasteiger charge is 2.16. The lowest BCUT2D eigenvalue weighted by molar-refractivity contribution is 0.670. The van der Waals surface area contributed by atoms with Crippen molar-refractivity contribution in [3.8, 4) is 50.2 Å². The van der Waals surface area contributed by atoms with E-state index in [2.05, 4.69) is 205 Å². The number of para-hydroxylation sites is 3. The fourth-order valence-electron chi connectivity index (χ4n) is 9.21. The van der Waals surface area contributed by atoms with Gasteiger partial charge in [-0.1, -0.05) is 164 Å². The molecule has 270 valence electrons. The second-order valence-electron chi connectivity index (χ2n) is 15.3. The molecule has 2 heterocycles. The van der Waals surface area contributed by atoms with E-state index in [-0.39, 0.29) is 0 Å². The van der Waals surface area contributed by atoms with Crippen molar-refractivity contribution in [3.63, 3.8) is 0 Å². The van der Waals surface area contributed by atoms with Gasteiger partial charge in [-0.2, -0.15) is 0 Å². The van der Waals surface area contributed by atoms with E-state index in [0.29, 0.717) is 0 Å². The highest BCUT2D eigenvalue weighted by molar-refractivity contribution is 6.14. The zero-order valence-electron chi connectivity index (χ0n) is 31.6. The number of fused-ring (bicyclic) bond motifs is 9. The van der Waals surface area contributed by atoms with Crippen LogP contribution < -0.4 is 0 Å². The van der Waals surface area contributed by atoms with Gasteiger partial charge in [-0.25, -0.2) is 0 Å². The van der Waals surface area contributed by atoms with Crippen molar-refractivity contribution in [1.29, 1.82) is 0 Å². The lowest BCUT2D eigenvalue weighted by Crippen LogP contribution is -1.93. The molecule has 0 unspecified atom stereocenters. The molecule has 0 aliphatic carbocycles. The van der Waals surface area contributed by atoms with Gasteiger partial charge in [0.1, 0.15) is 11.2 Å². The van der Waals surface area contributed by atoms with Gasteiger partial charge in [0, 0.05) is 32.8 Å². The summed E-state index contributed by atoms with van der Waals surface area (Å²) in [5.74, 6) is 0. The fourth-order valence-corrected chi connectivity index (χ4v) is 9.21. The first-order valence-electron chi connectivity index (χ1n) is 19.9. The minimum Gasteiger partial charge on any atom is -0.455 e. The molecule has 0 saturated heterocycles. The normalized spacial score (nSPS) is 11.8. The van der Waals surface area contributed by atoms with Crippen LogP contribution in [-0.4, -0.2) is 4.57 Å². The summed E-state index contributed by atoms with van der Waals surface area (Å²) in [5.41, 5.74) is 14.9. The van der Waals surface area contributed by atoms with Gasteiger partial charge in [0.15, 0.2) is 0 Å². The summed E-state index contributed by atoms with van der Waals surface area (Å²) in [6.07, 6.45) is 0. The number of hydrogen-bond acceptors (Lipinski definition) is 1. The summed E-state index contributed by atoms with van der Waals surface area (Å²) in [7, 11) is 0. The van der Waals surface area contributed by atoms with Gasteiger partial charge >= 0.3 is 0 Å². The number of benzene rings is 10. The van der Waals surface area contributed by atoms with Gasteiger partial charge in [-0.15, -0.1) is 0 Å². The Kier molecular flexibility index (Phi) is 7.26. The number of rotatable bonds is 5. The van der Waals surface area contributed by atoms with Gasteiger partial charge in [0.2, 0.25) is 0 Å². The molecule has 58 heavy (non-hydrogen) atoms. The van der Waals surface area contributed by atoms with Crippen molar-refractivity contribution < 1.29 is 4.42 Å². The van der Waals surface area contributed by atoms with E-state index >= 15 is 0 Å². The van der Waals surface area contributed by atoms with E-state index in [4.69, 9.17) is 4.42 Å². The Hall–Kier alpha value is -7.68. The molecule has 0 N–H and O–H groups in total. The largest absolute Gasteiger partial charge is 0.455 e. The van der Waals surface area contributed by atoms with Gasteiger partial charge in [-0.3, -0.25) is 0 Å². The Morgan fingerprint density at radius 2 is 0.879 bits per heavy atom. The predicted octanol–water partition coefficient (Wildman–Crippen LogP) is 15.7. The molecule has 0 amide bonds. The van der Waals surface area contributed by atoms with E-state index in [1.165, 1.54) is 76.7 Å². The van der Waals surface area contributed by atoms with Gasteiger partial charge < -0.3 is 8.98 Å². The summed E-state index contributed by atoms with van der Waals surface area (Å²) in [6, 6.07) is 77.0. The fraction of sp³-hybridized carbons (Fsp3) is 0. The first-order chi connectivity index (χ1) is 28.7. The third-order valence-electron chi connectivity index (χ3n) is 12.0. The van der Waals surface area contributed by atoms with Crippen LogP contribution in [0, 0.1) is 0 Å². The Bertz CT molecular complexity index is 3550. The first-order valence-corrected chi connectivity index (χ1v) is 19.9. The van der Waals surface area contributed by atoms with Crippen molar-refractivity contribution in [2.45, 2.75) is 0 Å². The molecule has 0 radical (unpaired) electrons. The number of hydrogen-bond donors (Lipinski definition) is 0. The maximum Gasteiger partial charge on any atom is 0.143 e. The summed E-state index contributed by atoms with van der Waals surface area (Å²) in [5, 5.41) is 9.90. The number of furan rings is 1. The number of nitrogens with zero attached hydrogens (tertiary/aromatic N) is 1. The molecule has 2 heteroatoms. The van der Waals surface area contributed by atoms with Crippen molar-refractivity contribution in [2.75, 3.05) is 0 Å². The van der Waals surface area contributed by atoms with E-state index in [1.54, 1.807) is 0 Å². The molecular formula is C56H35NO. The van der Waals surface area contributed by atoms with E-state index in [9.17, 15) is 0 Å². The Labute approximate surface area is 335 Å². The molecular weight excluding hydrogens is 703 g/mol. The van der Waals surface area contributed by atoms with Crippen molar-refractivity contribution in [1.82, 2.24) is 4.57 Å². The molecule has 12 rings (SSSR count). The Morgan fingerprint density at radius 3 is 1.72 bits per heavy atom. The first kappa shape index (κ1) is 32.6. The third kappa shape index (κ3) is 5.12. The van der Waals surface area contributed by atoms with Crippen molar-refractivity contribution >= 4 is 65.3 Å². The standard InChI is InChI=1S/C56H35NO/c1-2-14-44-42(11-1)35-51(47-16-4-3-15-46(44)47)41-13-9-12-39(33-41)40-29-32-54-52(34-40)48-17-5-7-21-53(48)57(54)43-30-27-37(28-31-43)36-23-25-38(26-24-36)45-19-10-20-50-49-18-6-8-22-55(49)58-56(45)50/h1-35H. The molecule has 0 aliphatic rings. The molecule has 0 aliphatic heterocycles. The lowest BCUT2D eigenvalue weighted by atomic mass is 9.91. The SMILES string of the molecule is c1cc(-c2ccc3c(c2)c2ccccc2n3-c2ccc(-c3ccc(-c4cccc5c4oc4ccccc45)cc3)cc2)cc(-c2cc3ccccc3c3ccccc23)c1. The van der Waals surface area contributed by atoms with Gasteiger partial charge in [-0.05, 0) is 109 Å². The number of aromatic nitrogens is 1. The van der Waals surface area contributed by atoms with Crippen LogP contribution in [0.2, 0.25) is 0 Å². The van der Waals surface area contributed by atoms with Crippen LogP contribution in [0.3, 0.4) is 0 Å². The molecule has 0 saturated carbocycles. The van der Waals surface area contributed by atoms with Crippen LogP contribution in [-0.2, 0) is 0 Å². The van der Waals surface area contributed by atoms with Crippen LogP contribution in [0.5, 0.6) is 0 Å². The Balaban J connectivity index is 0.894. The Morgan fingerprint density at radius 1 is 0.293 bits per heavy atom. The summed E-state index contributed by atoms with van der Waals surface area (Å²) < 4.78 is 8.73. The average Bonchev–Trinajstić information content (AvgIpc) is 3.85. The molecule has 0 fully saturated rings. The zero-order valence-corrected chi connectivity index (χ0v) is 31.6. The molecule has 12 aromatic rings. The summed E-state index contributed by atoms with van der Waals surface area (Å²) >= 11 is 0. The minimum atomic E-state index is 0.918. The molecule has 2 nitrogen and oxygen atoms in total. The maximum absolute atomic E-state index is 6.34. The van der Waals surface area contributed by atoms with Crippen LogP contribution >= 0.6 is 0 Å².